The van der Waals surface area contributed by atoms with E-state index in [1.807, 2.05) is 6.07 Å². The molecule has 0 amide bonds. The maximum absolute atomic E-state index is 11.1. The van der Waals surface area contributed by atoms with Gasteiger partial charge in [-0.3, -0.25) is 4.57 Å². The predicted octanol–water partition coefficient (Wildman–Crippen LogP) is 0.526. The fourth-order valence-electron chi connectivity index (χ4n) is 1.08. The van der Waals surface area contributed by atoms with Gasteiger partial charge in [0, 0.05) is 13.2 Å². The Balaban J connectivity index is 2.38. The molecule has 0 radical (unpaired) electrons. The van der Waals surface area contributed by atoms with Gasteiger partial charge in [0.1, 0.15) is 6.07 Å². The Morgan fingerprint density at radius 1 is 1.62 bits per heavy atom. The van der Waals surface area contributed by atoms with Crippen LogP contribution in [0.1, 0.15) is 5.69 Å². The zero-order chi connectivity index (χ0) is 11.5. The van der Waals surface area contributed by atoms with Crippen LogP contribution in [0.25, 0.3) is 0 Å². The highest BCUT2D eigenvalue weighted by Gasteiger charge is 2.09. The number of rotatable bonds is 2. The molecule has 0 aliphatic rings. The smallest absolute Gasteiger partial charge is 0.273 e. The van der Waals surface area contributed by atoms with Crippen molar-refractivity contribution < 1.29 is 0 Å². The third kappa shape index (κ3) is 1.83. The second-order valence-corrected chi connectivity index (χ2v) is 3.94. The Morgan fingerprint density at radius 3 is 3.06 bits per heavy atom. The highest BCUT2D eigenvalue weighted by Crippen LogP contribution is 2.26. The minimum absolute atomic E-state index is 0.287. The van der Waals surface area contributed by atoms with E-state index in [9.17, 15) is 4.79 Å². The molecule has 2 aromatic heterocycles. The van der Waals surface area contributed by atoms with Gasteiger partial charge in [-0.15, -0.1) is 5.10 Å². The molecule has 2 aromatic rings. The van der Waals surface area contributed by atoms with Gasteiger partial charge < -0.3 is 0 Å². The van der Waals surface area contributed by atoms with E-state index in [-0.39, 0.29) is 5.69 Å². The van der Waals surface area contributed by atoms with Crippen LogP contribution in [0.2, 0.25) is 0 Å². The van der Waals surface area contributed by atoms with E-state index in [0.29, 0.717) is 15.7 Å². The summed E-state index contributed by atoms with van der Waals surface area (Å²) in [5.74, 6) is 0. The van der Waals surface area contributed by atoms with Crippen molar-refractivity contribution >= 4 is 11.8 Å². The number of nitrogens with one attached hydrogen (secondary N) is 1. The van der Waals surface area contributed by atoms with E-state index in [1.54, 1.807) is 25.4 Å². The lowest BCUT2D eigenvalue weighted by atomic mass is 10.4. The van der Waals surface area contributed by atoms with Crippen LogP contribution in [0, 0.1) is 11.3 Å². The van der Waals surface area contributed by atoms with Gasteiger partial charge in [-0.1, -0.05) is 0 Å². The van der Waals surface area contributed by atoms with Crippen LogP contribution >= 0.6 is 11.8 Å². The second kappa shape index (κ2) is 4.20. The van der Waals surface area contributed by atoms with Crippen LogP contribution < -0.4 is 5.69 Å². The minimum atomic E-state index is -0.287. The van der Waals surface area contributed by atoms with E-state index in [4.69, 9.17) is 5.26 Å². The summed E-state index contributed by atoms with van der Waals surface area (Å²) in [6, 6.07) is 5.47. The van der Waals surface area contributed by atoms with Gasteiger partial charge in [0.05, 0.1) is 4.90 Å². The molecule has 2 heterocycles. The molecule has 16 heavy (non-hydrogen) atoms. The van der Waals surface area contributed by atoms with Crippen molar-refractivity contribution in [1.82, 2.24) is 19.7 Å². The summed E-state index contributed by atoms with van der Waals surface area (Å²) >= 11 is 1.22. The normalized spacial score (nSPS) is 10.0. The first-order valence-electron chi connectivity index (χ1n) is 4.36. The molecule has 80 valence electrons. The third-order valence-corrected chi connectivity index (χ3v) is 3.01. The van der Waals surface area contributed by atoms with Crippen LogP contribution in [0.4, 0.5) is 0 Å². The van der Waals surface area contributed by atoms with Gasteiger partial charge in [-0.25, -0.2) is 14.9 Å². The van der Waals surface area contributed by atoms with Crippen molar-refractivity contribution in [2.45, 2.75) is 10.1 Å². The molecule has 2 rings (SSSR count). The summed E-state index contributed by atoms with van der Waals surface area (Å²) in [7, 11) is 1.61. The van der Waals surface area contributed by atoms with E-state index in [0.717, 1.165) is 0 Å². The van der Waals surface area contributed by atoms with Crippen LogP contribution in [0.5, 0.6) is 0 Å². The van der Waals surface area contributed by atoms with Crippen molar-refractivity contribution in [3.63, 3.8) is 0 Å². The van der Waals surface area contributed by atoms with E-state index in [1.165, 1.54) is 16.3 Å². The molecule has 1 N–H and O–H groups in total. The van der Waals surface area contributed by atoms with Gasteiger partial charge in [0.25, 0.3) is 0 Å². The molecule has 0 bridgehead atoms. The van der Waals surface area contributed by atoms with E-state index in [2.05, 4.69) is 15.2 Å². The zero-order valence-electron chi connectivity index (χ0n) is 8.34. The van der Waals surface area contributed by atoms with Crippen LogP contribution in [-0.4, -0.2) is 19.7 Å². The number of nitrogens with zero attached hydrogens (tertiary/aromatic N) is 4. The molecule has 0 spiro atoms. The summed E-state index contributed by atoms with van der Waals surface area (Å²) in [6.07, 6.45) is 1.55. The molecular formula is C9H7N5OS. The fraction of sp³-hybridized carbons (Fsp3) is 0.111. The van der Waals surface area contributed by atoms with E-state index >= 15 is 0 Å². The van der Waals surface area contributed by atoms with Crippen molar-refractivity contribution in [2.75, 3.05) is 0 Å². The van der Waals surface area contributed by atoms with Gasteiger partial charge in [-0.2, -0.15) is 5.26 Å². The molecule has 6 nitrogen and oxygen atoms in total. The quantitative estimate of drug-likeness (QED) is 0.817. The van der Waals surface area contributed by atoms with Gasteiger partial charge in [-0.05, 0) is 23.9 Å². The molecule has 0 aromatic carbocycles. The SMILES string of the molecule is Cn1c(Sc2cccnc2C#N)n[nH]c1=O. The molecule has 0 saturated heterocycles. The van der Waals surface area contributed by atoms with Crippen LogP contribution in [-0.2, 0) is 7.05 Å². The van der Waals surface area contributed by atoms with Gasteiger partial charge in [0.15, 0.2) is 10.9 Å². The average molecular weight is 233 g/mol. The Labute approximate surface area is 94.9 Å². The maximum atomic E-state index is 11.1. The molecule has 0 saturated carbocycles. The summed E-state index contributed by atoms with van der Waals surface area (Å²) in [4.78, 5) is 15.7. The number of H-pyrrole nitrogens is 1. The summed E-state index contributed by atoms with van der Waals surface area (Å²) in [5, 5.41) is 15.5. The zero-order valence-corrected chi connectivity index (χ0v) is 9.15. The first kappa shape index (κ1) is 10.4. The Bertz CT molecular complexity index is 609. The first-order valence-corrected chi connectivity index (χ1v) is 5.18. The molecule has 7 heteroatoms. The van der Waals surface area contributed by atoms with Gasteiger partial charge >= 0.3 is 5.69 Å². The first-order chi connectivity index (χ1) is 7.72. The lowest BCUT2D eigenvalue weighted by Gasteiger charge is -2.00. The minimum Gasteiger partial charge on any atom is -0.273 e. The largest absolute Gasteiger partial charge is 0.343 e. The van der Waals surface area contributed by atoms with Crippen molar-refractivity contribution in [3.8, 4) is 6.07 Å². The Hall–Kier alpha value is -2.07. The number of aromatic amines is 1. The summed E-state index contributed by atoms with van der Waals surface area (Å²) < 4.78 is 1.37. The van der Waals surface area contributed by atoms with Crippen molar-refractivity contribution in [1.29, 1.82) is 5.26 Å². The standard InChI is InChI=1S/C9H7N5OS/c1-14-8(15)12-13-9(14)16-7-3-2-4-11-6(7)5-10/h2-4H,1H3,(H,12,15). The Kier molecular flexibility index (Phi) is 2.74. The molecular weight excluding hydrogens is 226 g/mol. The number of hydrogen-bond acceptors (Lipinski definition) is 5. The third-order valence-electron chi connectivity index (χ3n) is 1.92. The molecule has 0 unspecified atom stereocenters. The molecule has 0 atom stereocenters. The lowest BCUT2D eigenvalue weighted by molar-refractivity contribution is 0.765. The van der Waals surface area contributed by atoms with Gasteiger partial charge in [0.2, 0.25) is 0 Å². The number of pyridine rings is 1. The summed E-state index contributed by atoms with van der Waals surface area (Å²) in [6.45, 7) is 0. The van der Waals surface area contributed by atoms with Crippen molar-refractivity contribution in [2.24, 2.45) is 7.05 Å². The lowest BCUT2D eigenvalue weighted by Crippen LogP contribution is -2.12. The van der Waals surface area contributed by atoms with Crippen LogP contribution in [0.15, 0.2) is 33.2 Å². The maximum Gasteiger partial charge on any atom is 0.343 e. The number of hydrogen-bond donors (Lipinski definition) is 1. The molecule has 0 aliphatic heterocycles. The topological polar surface area (TPSA) is 87.4 Å². The summed E-state index contributed by atoms with van der Waals surface area (Å²) in [5.41, 5.74) is 0.0350. The predicted molar refractivity (Wildman–Crippen MR) is 56.9 cm³/mol. The average Bonchev–Trinajstić information content (AvgIpc) is 2.62. The molecule has 0 fully saturated rings. The monoisotopic (exact) mass is 233 g/mol. The molecule has 0 aliphatic carbocycles. The number of aromatic nitrogens is 4. The highest BCUT2D eigenvalue weighted by atomic mass is 32.2. The highest BCUT2D eigenvalue weighted by molar-refractivity contribution is 7.99. The van der Waals surface area contributed by atoms with Crippen LogP contribution in [0.3, 0.4) is 0 Å². The number of nitriles is 1. The Morgan fingerprint density at radius 2 is 2.44 bits per heavy atom. The second-order valence-electron chi connectivity index (χ2n) is 2.93. The fourth-order valence-corrected chi connectivity index (χ4v) is 1.93. The van der Waals surface area contributed by atoms with E-state index < -0.39 is 0 Å². The van der Waals surface area contributed by atoms with Crippen molar-refractivity contribution in [3.05, 3.63) is 34.5 Å².